The molecule has 0 fully saturated rings. The van der Waals surface area contributed by atoms with E-state index in [1.54, 1.807) is 0 Å². The maximum Gasteiger partial charge on any atom is 0.469 e. The number of phosphoric ester groups is 1. The molecule has 0 heterocycles. The van der Waals surface area contributed by atoms with E-state index in [1.165, 1.54) is 0 Å². The summed E-state index contributed by atoms with van der Waals surface area (Å²) in [6.07, 6.45) is -5.46. The molecule has 0 spiro atoms. The lowest BCUT2D eigenvalue weighted by Crippen LogP contribution is -2.40. The van der Waals surface area contributed by atoms with Gasteiger partial charge >= 0.3 is 7.82 Å². The van der Waals surface area contributed by atoms with Crippen LogP contribution < -0.4 is 0 Å². The highest BCUT2D eigenvalue weighted by atomic mass is 31.2. The van der Waals surface area contributed by atoms with Crippen LogP contribution in [-0.4, -0.2) is 56.3 Å². The molecule has 0 aromatic rings. The third-order valence-corrected chi connectivity index (χ3v) is 1.78. The predicted molar refractivity (Wildman–Crippen MR) is 42.1 cm³/mol. The van der Waals surface area contributed by atoms with E-state index < -0.39 is 32.7 Å². The fraction of sp³-hybridized carbons (Fsp3) is 0.800. The second-order valence-corrected chi connectivity index (χ2v) is 3.71. The first kappa shape index (κ1) is 13.7. The Morgan fingerprint density at radius 3 is 2.14 bits per heavy atom. The fourth-order valence-corrected chi connectivity index (χ4v) is 0.927. The molecule has 0 aliphatic heterocycles. The van der Waals surface area contributed by atoms with Crippen LogP contribution >= 0.6 is 7.82 Å². The van der Waals surface area contributed by atoms with Gasteiger partial charge in [0.05, 0.1) is 6.61 Å². The minimum Gasteiger partial charge on any atom is -0.388 e. The van der Waals surface area contributed by atoms with Crippen LogP contribution in [0.5, 0.6) is 0 Å². The Kier molecular flexibility index (Phi) is 5.38. The van der Waals surface area contributed by atoms with Crippen LogP contribution in [0, 0.1) is 0 Å². The second-order valence-electron chi connectivity index (χ2n) is 2.47. The number of aliphatic hydroxyl groups is 3. The van der Waals surface area contributed by atoms with Gasteiger partial charge in [0.1, 0.15) is 18.3 Å². The van der Waals surface area contributed by atoms with E-state index >= 15 is 0 Å². The molecule has 8 nitrogen and oxygen atoms in total. The summed E-state index contributed by atoms with van der Waals surface area (Å²) in [5, 5.41) is 26.6. The molecule has 0 saturated carbocycles. The topological polar surface area (TPSA) is 145 Å². The summed E-state index contributed by atoms with van der Waals surface area (Å²) in [7, 11) is -4.74. The van der Waals surface area contributed by atoms with Gasteiger partial charge in [-0.05, 0) is 0 Å². The van der Waals surface area contributed by atoms with Crippen LogP contribution in [0.25, 0.3) is 0 Å². The molecule has 0 amide bonds. The Hall–Kier alpha value is -0.340. The van der Waals surface area contributed by atoms with Crippen molar-refractivity contribution in [1.29, 1.82) is 0 Å². The summed E-state index contributed by atoms with van der Waals surface area (Å²) >= 11 is 0. The molecule has 0 aliphatic carbocycles. The van der Waals surface area contributed by atoms with Crippen LogP contribution in [-0.2, 0) is 13.9 Å². The smallest absolute Gasteiger partial charge is 0.388 e. The molecule has 0 rings (SSSR count). The largest absolute Gasteiger partial charge is 0.469 e. The summed E-state index contributed by atoms with van der Waals surface area (Å²) in [4.78, 5) is 26.4. The number of hydrogen-bond donors (Lipinski definition) is 5. The van der Waals surface area contributed by atoms with Gasteiger partial charge in [-0.2, -0.15) is 0 Å². The lowest BCUT2D eigenvalue weighted by atomic mass is 10.1. The van der Waals surface area contributed by atoms with Crippen molar-refractivity contribution in [2.24, 2.45) is 0 Å². The van der Waals surface area contributed by atoms with Crippen molar-refractivity contribution in [3.63, 3.8) is 0 Å². The molecular weight excluding hydrogens is 219 g/mol. The molecule has 84 valence electrons. The molecule has 14 heavy (non-hydrogen) atoms. The van der Waals surface area contributed by atoms with Gasteiger partial charge in [-0.25, -0.2) is 4.57 Å². The van der Waals surface area contributed by atoms with E-state index in [0.717, 1.165) is 0 Å². The van der Waals surface area contributed by atoms with Gasteiger partial charge in [-0.15, -0.1) is 0 Å². The van der Waals surface area contributed by atoms with Crippen molar-refractivity contribution >= 4 is 14.1 Å². The maximum absolute atomic E-state index is 10.1. The minimum absolute atomic E-state index is 0.0225. The summed E-state index contributed by atoms with van der Waals surface area (Å²) in [5.41, 5.74) is 0. The van der Waals surface area contributed by atoms with Crippen molar-refractivity contribution in [1.82, 2.24) is 0 Å². The number of phosphoric acid groups is 1. The summed E-state index contributed by atoms with van der Waals surface area (Å²) < 4.78 is 14.0. The third kappa shape index (κ3) is 5.40. The van der Waals surface area contributed by atoms with E-state index in [4.69, 9.17) is 25.1 Å². The summed E-state index contributed by atoms with van der Waals surface area (Å²) in [5.74, 6) is 0. The zero-order valence-electron chi connectivity index (χ0n) is 6.92. The number of rotatable bonds is 6. The van der Waals surface area contributed by atoms with Gasteiger partial charge in [0.25, 0.3) is 0 Å². The highest BCUT2D eigenvalue weighted by Gasteiger charge is 2.27. The number of hydrogen-bond acceptors (Lipinski definition) is 6. The average molecular weight is 230 g/mol. The van der Waals surface area contributed by atoms with Crippen molar-refractivity contribution in [2.45, 2.75) is 18.3 Å². The van der Waals surface area contributed by atoms with Gasteiger partial charge in [0.15, 0.2) is 6.29 Å². The number of aldehydes is 1. The molecule has 5 N–H and O–H groups in total. The van der Waals surface area contributed by atoms with E-state index in [0.29, 0.717) is 0 Å². The molecule has 0 unspecified atom stereocenters. The first-order valence-corrected chi connectivity index (χ1v) is 5.00. The van der Waals surface area contributed by atoms with Gasteiger partial charge in [-0.3, -0.25) is 4.52 Å². The summed E-state index contributed by atoms with van der Waals surface area (Å²) in [6, 6.07) is 0. The van der Waals surface area contributed by atoms with E-state index in [2.05, 4.69) is 4.52 Å². The lowest BCUT2D eigenvalue weighted by Gasteiger charge is -2.19. The monoisotopic (exact) mass is 230 g/mol. The highest BCUT2D eigenvalue weighted by Crippen LogP contribution is 2.35. The lowest BCUT2D eigenvalue weighted by molar-refractivity contribution is -0.127. The van der Waals surface area contributed by atoms with E-state index in [9.17, 15) is 9.36 Å². The normalized spacial score (nSPS) is 18.6. The average Bonchev–Trinajstić information content (AvgIpc) is 2.10. The van der Waals surface area contributed by atoms with Crippen LogP contribution in [0.4, 0.5) is 0 Å². The molecule has 0 aromatic heterocycles. The highest BCUT2D eigenvalue weighted by molar-refractivity contribution is 7.46. The third-order valence-electron chi connectivity index (χ3n) is 1.30. The zero-order chi connectivity index (χ0) is 11.4. The van der Waals surface area contributed by atoms with Crippen LogP contribution in [0.1, 0.15) is 0 Å². The van der Waals surface area contributed by atoms with Crippen molar-refractivity contribution < 1.29 is 39.0 Å². The van der Waals surface area contributed by atoms with E-state index in [-0.39, 0.29) is 6.29 Å². The Bertz CT molecular complexity index is 224. The van der Waals surface area contributed by atoms with Gasteiger partial charge in [-0.1, -0.05) is 0 Å². The molecule has 0 aromatic carbocycles. The molecule has 0 aliphatic rings. The molecule has 3 atom stereocenters. The van der Waals surface area contributed by atoms with Crippen molar-refractivity contribution in [2.75, 3.05) is 6.61 Å². The van der Waals surface area contributed by atoms with Crippen LogP contribution in [0.2, 0.25) is 0 Å². The molecular formula is C5H11O8P. The first-order valence-electron chi connectivity index (χ1n) is 3.47. The second kappa shape index (κ2) is 5.52. The number of aliphatic hydroxyl groups excluding tert-OH is 3. The SMILES string of the molecule is O=C[C@@H](O)[C@@H](O)[C@@H](O)COP(=O)(O)O. The van der Waals surface area contributed by atoms with Crippen LogP contribution in [0.3, 0.4) is 0 Å². The Morgan fingerprint density at radius 2 is 1.79 bits per heavy atom. The quantitative estimate of drug-likeness (QED) is 0.246. The van der Waals surface area contributed by atoms with E-state index in [1.807, 2.05) is 0 Å². The first-order chi connectivity index (χ1) is 6.28. The van der Waals surface area contributed by atoms with Crippen molar-refractivity contribution in [3.8, 4) is 0 Å². The Morgan fingerprint density at radius 1 is 1.29 bits per heavy atom. The minimum atomic E-state index is -4.74. The number of carbonyl (C=O) groups is 1. The fourth-order valence-electron chi connectivity index (χ4n) is 0.580. The van der Waals surface area contributed by atoms with Gasteiger partial charge in [0.2, 0.25) is 0 Å². The number of carbonyl (C=O) groups excluding carboxylic acids is 1. The maximum atomic E-state index is 10.1. The predicted octanol–water partition coefficient (Wildman–Crippen LogP) is -2.62. The molecule has 0 bridgehead atoms. The standard InChI is InChI=1S/C5H11O8P/c6-1-3(7)5(9)4(8)2-13-14(10,11)12/h1,3-5,7-9H,2H2,(H2,10,11,12)/t3-,4+,5-/m1/s1. The Labute approximate surface area is 79.0 Å². The van der Waals surface area contributed by atoms with Crippen molar-refractivity contribution in [3.05, 3.63) is 0 Å². The van der Waals surface area contributed by atoms with Gasteiger partial charge in [0, 0.05) is 0 Å². The Balaban J connectivity index is 4.02. The molecule has 9 heteroatoms. The molecule has 0 radical (unpaired) electrons. The van der Waals surface area contributed by atoms with Crippen LogP contribution in [0.15, 0.2) is 0 Å². The zero-order valence-corrected chi connectivity index (χ0v) is 7.82. The van der Waals surface area contributed by atoms with Gasteiger partial charge < -0.3 is 29.9 Å². The molecule has 0 saturated heterocycles. The summed E-state index contributed by atoms with van der Waals surface area (Å²) in [6.45, 7) is -0.893.